The second-order valence-corrected chi connectivity index (χ2v) is 7.97. The lowest BCUT2D eigenvalue weighted by Crippen LogP contribution is -3.11. The van der Waals surface area contributed by atoms with E-state index in [0.29, 0.717) is 19.2 Å². The molecular formula is C22H28N5O2S+. The van der Waals surface area contributed by atoms with Crippen LogP contribution in [-0.4, -0.2) is 46.2 Å². The summed E-state index contributed by atoms with van der Waals surface area (Å²) in [5, 5.41) is 4.90. The van der Waals surface area contributed by atoms with Crippen molar-refractivity contribution in [1.29, 1.82) is 0 Å². The maximum atomic E-state index is 5.81. The van der Waals surface area contributed by atoms with Crippen molar-refractivity contribution < 1.29 is 14.4 Å². The summed E-state index contributed by atoms with van der Waals surface area (Å²) in [6, 6.07) is 12.9. The standard InChI is InChI=1S/C22H27N5O2S/c1-28-14-13-26-21(18-9-11-23-12-10-18)24-27(22(26)30)16-25(19-5-6-19)15-17-3-7-20(29-2)8-4-17/h3-4,7-12,19H,5-6,13-16H2,1-2H3/p+1. The molecule has 1 aliphatic rings. The number of hydrogen-bond donors (Lipinski definition) is 1. The lowest BCUT2D eigenvalue weighted by atomic mass is 10.2. The number of aromatic nitrogens is 4. The maximum Gasteiger partial charge on any atom is 0.203 e. The third-order valence-corrected chi connectivity index (χ3v) is 5.91. The number of ether oxygens (including phenoxy) is 2. The average molecular weight is 427 g/mol. The summed E-state index contributed by atoms with van der Waals surface area (Å²) in [5.41, 5.74) is 2.30. The van der Waals surface area contributed by atoms with Crippen LogP contribution in [0.15, 0.2) is 48.8 Å². The minimum absolute atomic E-state index is 0.586. The van der Waals surface area contributed by atoms with Gasteiger partial charge in [-0.05, 0) is 48.6 Å². The van der Waals surface area contributed by atoms with E-state index in [1.54, 1.807) is 26.6 Å². The van der Waals surface area contributed by atoms with E-state index in [2.05, 4.69) is 21.7 Å². The predicted molar refractivity (Wildman–Crippen MR) is 117 cm³/mol. The van der Waals surface area contributed by atoms with Gasteiger partial charge in [-0.1, -0.05) is 0 Å². The van der Waals surface area contributed by atoms with E-state index in [0.717, 1.165) is 35.1 Å². The Balaban J connectivity index is 1.60. The molecule has 0 aliphatic heterocycles. The molecule has 4 rings (SSSR count). The molecule has 1 saturated carbocycles. The summed E-state index contributed by atoms with van der Waals surface area (Å²) < 4.78 is 15.3. The topological polar surface area (TPSA) is 58.5 Å². The summed E-state index contributed by atoms with van der Waals surface area (Å²) >= 11 is 5.81. The van der Waals surface area contributed by atoms with E-state index in [9.17, 15) is 0 Å². The predicted octanol–water partition coefficient (Wildman–Crippen LogP) is 2.34. The van der Waals surface area contributed by atoms with Crippen molar-refractivity contribution in [3.63, 3.8) is 0 Å². The molecule has 1 atom stereocenters. The Morgan fingerprint density at radius 3 is 2.47 bits per heavy atom. The van der Waals surface area contributed by atoms with E-state index in [4.69, 9.17) is 26.8 Å². The summed E-state index contributed by atoms with van der Waals surface area (Å²) in [6.45, 7) is 2.94. The zero-order valence-corrected chi connectivity index (χ0v) is 18.3. The normalized spacial score (nSPS) is 14.6. The minimum atomic E-state index is 0.586. The van der Waals surface area contributed by atoms with Gasteiger partial charge in [0.1, 0.15) is 12.3 Å². The highest BCUT2D eigenvalue weighted by Crippen LogP contribution is 2.19. The van der Waals surface area contributed by atoms with Crippen molar-refractivity contribution in [2.75, 3.05) is 20.8 Å². The molecule has 8 heteroatoms. The molecule has 2 heterocycles. The Labute approximate surface area is 181 Å². The lowest BCUT2D eigenvalue weighted by molar-refractivity contribution is -0.947. The SMILES string of the molecule is COCCn1c(-c2ccncc2)nn(C[NH+](Cc2ccc(OC)cc2)C2CC2)c1=S. The number of nitrogens with zero attached hydrogens (tertiary/aromatic N) is 4. The Morgan fingerprint density at radius 2 is 1.83 bits per heavy atom. The van der Waals surface area contributed by atoms with Gasteiger partial charge >= 0.3 is 0 Å². The Morgan fingerprint density at radius 1 is 1.10 bits per heavy atom. The molecule has 0 radical (unpaired) electrons. The van der Waals surface area contributed by atoms with Crippen LogP contribution in [0.5, 0.6) is 5.75 Å². The Hall–Kier alpha value is -2.55. The molecular weight excluding hydrogens is 398 g/mol. The van der Waals surface area contributed by atoms with Crippen LogP contribution in [0.2, 0.25) is 0 Å². The van der Waals surface area contributed by atoms with Gasteiger partial charge in [0.15, 0.2) is 12.5 Å². The molecule has 1 aliphatic carbocycles. The van der Waals surface area contributed by atoms with Crippen LogP contribution in [0.3, 0.4) is 0 Å². The van der Waals surface area contributed by atoms with Crippen LogP contribution in [-0.2, 0) is 24.5 Å². The molecule has 0 bridgehead atoms. The molecule has 2 aromatic heterocycles. The number of quaternary nitrogens is 1. The van der Waals surface area contributed by atoms with Crippen molar-refractivity contribution in [1.82, 2.24) is 19.3 Å². The van der Waals surface area contributed by atoms with Crippen LogP contribution < -0.4 is 9.64 Å². The molecule has 0 spiro atoms. The molecule has 1 aromatic carbocycles. The summed E-state index contributed by atoms with van der Waals surface area (Å²) in [7, 11) is 3.40. The second-order valence-electron chi connectivity index (χ2n) is 7.60. The molecule has 3 aromatic rings. The van der Waals surface area contributed by atoms with Gasteiger partial charge in [-0.2, -0.15) is 4.68 Å². The first-order valence-electron chi connectivity index (χ1n) is 10.2. The number of methoxy groups -OCH3 is 2. The first-order chi connectivity index (χ1) is 14.7. The fourth-order valence-corrected chi connectivity index (χ4v) is 3.94. The van der Waals surface area contributed by atoms with Gasteiger partial charge in [0.05, 0.1) is 26.3 Å². The quantitative estimate of drug-likeness (QED) is 0.505. The van der Waals surface area contributed by atoms with Gasteiger partial charge in [-0.25, -0.2) is 0 Å². The van der Waals surface area contributed by atoms with Gasteiger partial charge in [-0.15, -0.1) is 5.10 Å². The molecule has 0 amide bonds. The molecule has 7 nitrogen and oxygen atoms in total. The number of benzene rings is 1. The lowest BCUT2D eigenvalue weighted by Gasteiger charge is -2.19. The molecule has 158 valence electrons. The highest BCUT2D eigenvalue weighted by Gasteiger charge is 2.34. The van der Waals surface area contributed by atoms with E-state index >= 15 is 0 Å². The van der Waals surface area contributed by atoms with E-state index in [1.165, 1.54) is 23.3 Å². The minimum Gasteiger partial charge on any atom is -0.497 e. The van der Waals surface area contributed by atoms with Crippen molar-refractivity contribution in [3.8, 4) is 17.1 Å². The van der Waals surface area contributed by atoms with Gasteiger partial charge in [0, 0.05) is 43.5 Å². The first kappa shape index (κ1) is 20.7. The Kier molecular flexibility index (Phi) is 6.56. The highest BCUT2D eigenvalue weighted by molar-refractivity contribution is 7.71. The fraction of sp³-hybridized carbons (Fsp3) is 0.409. The number of nitrogens with one attached hydrogen (secondary N) is 1. The van der Waals surface area contributed by atoms with E-state index in [1.807, 2.05) is 28.9 Å². The van der Waals surface area contributed by atoms with Crippen molar-refractivity contribution in [3.05, 3.63) is 59.1 Å². The van der Waals surface area contributed by atoms with Crippen LogP contribution in [0.1, 0.15) is 18.4 Å². The van der Waals surface area contributed by atoms with Crippen LogP contribution in [0.25, 0.3) is 11.4 Å². The summed E-state index contributed by atoms with van der Waals surface area (Å²) in [6.07, 6.45) is 6.06. The van der Waals surface area contributed by atoms with Crippen LogP contribution >= 0.6 is 12.2 Å². The molecule has 1 N–H and O–H groups in total. The van der Waals surface area contributed by atoms with Gasteiger partial charge < -0.3 is 14.4 Å². The molecule has 30 heavy (non-hydrogen) atoms. The van der Waals surface area contributed by atoms with Crippen LogP contribution in [0, 0.1) is 4.77 Å². The van der Waals surface area contributed by atoms with Gasteiger partial charge in [0.2, 0.25) is 4.77 Å². The van der Waals surface area contributed by atoms with Crippen molar-refractivity contribution >= 4 is 12.2 Å². The molecule has 1 fully saturated rings. The summed E-state index contributed by atoms with van der Waals surface area (Å²) in [4.78, 5) is 5.60. The molecule has 0 saturated heterocycles. The average Bonchev–Trinajstić information content (AvgIpc) is 3.59. The van der Waals surface area contributed by atoms with Gasteiger partial charge in [-0.3, -0.25) is 9.55 Å². The largest absolute Gasteiger partial charge is 0.497 e. The highest BCUT2D eigenvalue weighted by atomic mass is 32.1. The van der Waals surface area contributed by atoms with E-state index < -0.39 is 0 Å². The zero-order valence-electron chi connectivity index (χ0n) is 17.5. The number of hydrogen-bond acceptors (Lipinski definition) is 5. The maximum absolute atomic E-state index is 5.81. The van der Waals surface area contributed by atoms with Crippen molar-refractivity contribution in [2.24, 2.45) is 0 Å². The number of rotatable bonds is 10. The smallest absolute Gasteiger partial charge is 0.203 e. The third kappa shape index (κ3) is 4.77. The first-order valence-corrected chi connectivity index (χ1v) is 10.6. The van der Waals surface area contributed by atoms with Crippen molar-refractivity contribution in [2.45, 2.75) is 38.6 Å². The van der Waals surface area contributed by atoms with E-state index in [-0.39, 0.29) is 0 Å². The fourth-order valence-electron chi connectivity index (χ4n) is 3.66. The summed E-state index contributed by atoms with van der Waals surface area (Å²) in [5.74, 6) is 1.74. The zero-order chi connectivity index (χ0) is 20.9. The monoisotopic (exact) mass is 426 g/mol. The number of pyridine rings is 1. The third-order valence-electron chi connectivity index (χ3n) is 5.48. The van der Waals surface area contributed by atoms with Crippen LogP contribution in [0.4, 0.5) is 0 Å². The van der Waals surface area contributed by atoms with Gasteiger partial charge in [0.25, 0.3) is 0 Å². The molecule has 1 unspecified atom stereocenters. The Bertz CT molecular complexity index is 1010. The second kappa shape index (κ2) is 9.51.